The first-order valence-electron chi connectivity index (χ1n) is 9.49. The molecule has 0 saturated heterocycles. The van der Waals surface area contributed by atoms with Crippen molar-refractivity contribution >= 4 is 33.3 Å². The Morgan fingerprint density at radius 1 is 0.931 bits per heavy atom. The van der Waals surface area contributed by atoms with Crippen LogP contribution in [0.5, 0.6) is 0 Å². The number of nitrogens with one attached hydrogen (secondary N) is 1. The number of fused-ring (bicyclic) bond motifs is 2. The predicted molar refractivity (Wildman–Crippen MR) is 113 cm³/mol. The topological polar surface area (TPSA) is 41.8 Å². The van der Waals surface area contributed by atoms with E-state index in [0.29, 0.717) is 29.1 Å². The number of benzene rings is 3. The van der Waals surface area contributed by atoms with Crippen molar-refractivity contribution < 1.29 is 13.2 Å². The molecule has 0 aliphatic carbocycles. The Balaban J connectivity index is 1.98. The molecular formula is C23H20ClF3N2. The highest BCUT2D eigenvalue weighted by Crippen LogP contribution is 2.42. The molecule has 0 aliphatic rings. The number of aromatic nitrogens is 1. The summed E-state index contributed by atoms with van der Waals surface area (Å²) in [7, 11) is 0. The molecule has 0 saturated carbocycles. The van der Waals surface area contributed by atoms with E-state index in [1.165, 1.54) is 6.07 Å². The van der Waals surface area contributed by atoms with Gasteiger partial charge in [-0.3, -0.25) is 0 Å². The monoisotopic (exact) mass is 416 g/mol. The summed E-state index contributed by atoms with van der Waals surface area (Å²) < 4.78 is 40.9. The molecule has 4 aromatic rings. The Bertz CT molecular complexity index is 1180. The minimum atomic E-state index is -4.47. The molecule has 4 rings (SSSR count). The van der Waals surface area contributed by atoms with Crippen LogP contribution in [0.2, 0.25) is 5.02 Å². The van der Waals surface area contributed by atoms with Gasteiger partial charge in [0, 0.05) is 11.1 Å². The van der Waals surface area contributed by atoms with E-state index in [9.17, 15) is 13.2 Å². The molecule has 3 aromatic carbocycles. The van der Waals surface area contributed by atoms with Gasteiger partial charge in [0.15, 0.2) is 0 Å². The van der Waals surface area contributed by atoms with Crippen LogP contribution >= 0.6 is 11.6 Å². The van der Waals surface area contributed by atoms with E-state index in [0.717, 1.165) is 40.8 Å². The molecular weight excluding hydrogens is 397 g/mol. The van der Waals surface area contributed by atoms with Crippen molar-refractivity contribution in [1.82, 2.24) is 4.98 Å². The van der Waals surface area contributed by atoms with Crippen LogP contribution in [0.3, 0.4) is 0 Å². The minimum Gasteiger partial charge on any atom is -0.354 e. The van der Waals surface area contributed by atoms with Crippen molar-refractivity contribution in [1.29, 1.82) is 0 Å². The average Bonchev–Trinajstić information content (AvgIpc) is 3.07. The lowest BCUT2D eigenvalue weighted by Crippen LogP contribution is -2.05. The van der Waals surface area contributed by atoms with Crippen LogP contribution < -0.4 is 5.73 Å². The summed E-state index contributed by atoms with van der Waals surface area (Å²) >= 11 is 6.38. The molecule has 150 valence electrons. The molecule has 29 heavy (non-hydrogen) atoms. The molecule has 1 heterocycles. The van der Waals surface area contributed by atoms with E-state index in [1.807, 2.05) is 42.5 Å². The Kier molecular flexibility index (Phi) is 5.28. The van der Waals surface area contributed by atoms with E-state index >= 15 is 0 Å². The fourth-order valence-corrected chi connectivity index (χ4v) is 4.12. The van der Waals surface area contributed by atoms with E-state index in [2.05, 4.69) is 4.98 Å². The second-order valence-electron chi connectivity index (χ2n) is 7.13. The van der Waals surface area contributed by atoms with Gasteiger partial charge in [0.2, 0.25) is 0 Å². The molecule has 0 aliphatic heterocycles. The number of hydrogen-bond donors (Lipinski definition) is 2. The zero-order valence-electron chi connectivity index (χ0n) is 15.6. The Labute approximate surface area is 171 Å². The summed E-state index contributed by atoms with van der Waals surface area (Å²) in [6, 6.07) is 16.2. The summed E-state index contributed by atoms with van der Waals surface area (Å²) in [5.41, 5.74) is 7.28. The maximum atomic E-state index is 13.6. The minimum absolute atomic E-state index is 0.0379. The summed E-state index contributed by atoms with van der Waals surface area (Å²) in [6.45, 7) is 0.537. The fourth-order valence-electron chi connectivity index (χ4n) is 3.85. The first-order chi connectivity index (χ1) is 13.9. The molecule has 0 atom stereocenters. The number of rotatable bonds is 5. The standard InChI is InChI=1S/C23H20ClF3N2/c24-19-11-10-18(23(25,26)27)22-20(19)17(7-3-4-12-28)21(29-22)16-9-8-14-5-1-2-6-15(14)13-16/h1-2,5-6,8-11,13,29H,3-4,7,12,28H2. The summed E-state index contributed by atoms with van der Waals surface area (Å²) in [5.74, 6) is 0. The number of H-pyrrole nitrogens is 1. The van der Waals surface area contributed by atoms with Gasteiger partial charge in [-0.25, -0.2) is 0 Å². The van der Waals surface area contributed by atoms with Gasteiger partial charge < -0.3 is 10.7 Å². The lowest BCUT2D eigenvalue weighted by atomic mass is 9.98. The van der Waals surface area contributed by atoms with E-state index in [1.54, 1.807) is 0 Å². The number of aromatic amines is 1. The third-order valence-corrected chi connectivity index (χ3v) is 5.55. The van der Waals surface area contributed by atoms with Crippen molar-refractivity contribution in [3.8, 4) is 11.3 Å². The number of nitrogens with two attached hydrogens (primary N) is 1. The van der Waals surface area contributed by atoms with E-state index in [4.69, 9.17) is 17.3 Å². The number of halogens is 4. The molecule has 3 N–H and O–H groups in total. The third kappa shape index (κ3) is 3.72. The number of aryl methyl sites for hydroxylation is 1. The Morgan fingerprint density at radius 3 is 2.41 bits per heavy atom. The Hall–Kier alpha value is -2.50. The summed E-state index contributed by atoms with van der Waals surface area (Å²) in [4.78, 5) is 3.05. The second kappa shape index (κ2) is 7.73. The molecule has 0 bridgehead atoms. The Morgan fingerprint density at radius 2 is 1.69 bits per heavy atom. The van der Waals surface area contributed by atoms with Crippen LogP contribution in [0.1, 0.15) is 24.0 Å². The van der Waals surface area contributed by atoms with Crippen molar-refractivity contribution in [3.05, 3.63) is 70.7 Å². The quantitative estimate of drug-likeness (QED) is 0.340. The molecule has 0 radical (unpaired) electrons. The molecule has 2 nitrogen and oxygen atoms in total. The van der Waals surface area contributed by atoms with Gasteiger partial charge in [0.05, 0.1) is 16.1 Å². The highest BCUT2D eigenvalue weighted by Gasteiger charge is 2.34. The lowest BCUT2D eigenvalue weighted by molar-refractivity contribution is -0.136. The largest absolute Gasteiger partial charge is 0.418 e. The maximum Gasteiger partial charge on any atom is 0.418 e. The number of unbranched alkanes of at least 4 members (excludes halogenated alkanes) is 1. The fraction of sp³-hybridized carbons (Fsp3) is 0.217. The highest BCUT2D eigenvalue weighted by atomic mass is 35.5. The molecule has 0 unspecified atom stereocenters. The van der Waals surface area contributed by atoms with Gasteiger partial charge in [-0.05, 0) is 65.9 Å². The van der Waals surface area contributed by atoms with Gasteiger partial charge in [-0.15, -0.1) is 0 Å². The smallest absolute Gasteiger partial charge is 0.354 e. The molecule has 1 aromatic heterocycles. The van der Waals surface area contributed by atoms with Gasteiger partial charge in [0.1, 0.15) is 0 Å². The zero-order chi connectivity index (χ0) is 20.6. The molecule has 0 amide bonds. The van der Waals surface area contributed by atoms with Gasteiger partial charge in [0.25, 0.3) is 0 Å². The van der Waals surface area contributed by atoms with Gasteiger partial charge >= 0.3 is 6.18 Å². The van der Waals surface area contributed by atoms with Gasteiger partial charge in [-0.1, -0.05) is 48.0 Å². The van der Waals surface area contributed by atoms with Crippen LogP contribution in [-0.2, 0) is 12.6 Å². The normalized spacial score (nSPS) is 12.2. The van der Waals surface area contributed by atoms with E-state index in [-0.39, 0.29) is 5.52 Å². The first-order valence-corrected chi connectivity index (χ1v) is 9.87. The molecule has 0 fully saturated rings. The van der Waals surface area contributed by atoms with Crippen LogP contribution in [0.25, 0.3) is 32.9 Å². The summed E-state index contributed by atoms with van der Waals surface area (Å²) in [5, 5.41) is 2.87. The number of alkyl halides is 3. The van der Waals surface area contributed by atoms with Crippen molar-refractivity contribution in [2.75, 3.05) is 6.54 Å². The van der Waals surface area contributed by atoms with Crippen molar-refractivity contribution in [3.63, 3.8) is 0 Å². The van der Waals surface area contributed by atoms with Crippen LogP contribution in [0.4, 0.5) is 13.2 Å². The van der Waals surface area contributed by atoms with Gasteiger partial charge in [-0.2, -0.15) is 13.2 Å². The highest BCUT2D eigenvalue weighted by molar-refractivity contribution is 6.36. The van der Waals surface area contributed by atoms with Crippen LogP contribution in [0.15, 0.2) is 54.6 Å². The first kappa shape index (κ1) is 19.8. The van der Waals surface area contributed by atoms with E-state index < -0.39 is 11.7 Å². The number of hydrogen-bond acceptors (Lipinski definition) is 1. The van der Waals surface area contributed by atoms with Crippen LogP contribution in [0, 0.1) is 0 Å². The average molecular weight is 417 g/mol. The predicted octanol–water partition coefficient (Wildman–Crippen LogP) is 6.94. The SMILES string of the molecule is NCCCCc1c(-c2ccc3ccccc3c2)[nH]c2c(C(F)(F)F)ccc(Cl)c12. The maximum absolute atomic E-state index is 13.6. The second-order valence-corrected chi connectivity index (χ2v) is 7.54. The van der Waals surface area contributed by atoms with Crippen molar-refractivity contribution in [2.24, 2.45) is 5.73 Å². The molecule has 0 spiro atoms. The van der Waals surface area contributed by atoms with Crippen molar-refractivity contribution in [2.45, 2.75) is 25.4 Å². The third-order valence-electron chi connectivity index (χ3n) is 5.23. The zero-order valence-corrected chi connectivity index (χ0v) is 16.4. The van der Waals surface area contributed by atoms with Crippen LogP contribution in [-0.4, -0.2) is 11.5 Å². The lowest BCUT2D eigenvalue weighted by Gasteiger charge is -2.09. The summed E-state index contributed by atoms with van der Waals surface area (Å²) in [6.07, 6.45) is -2.31. The molecule has 6 heteroatoms.